The average Bonchev–Trinajstić information content (AvgIpc) is 2.43. The standard InChI is InChI=1S/C12H19N.C4H8.C4H10/c1-5-7-8-10-11(3)12(13-4)9-6-2;1-2-4-3-1;1-3-4-2/h6-10H,5H2,1-4H3;1-4H2;3-4H2,1-2H3/b8-7-,9-6-,11-10-,13-12?;;. The highest BCUT2D eigenvalue weighted by molar-refractivity contribution is 6.07. The van der Waals surface area contributed by atoms with Crippen LogP contribution in [0, 0.1) is 0 Å². The lowest BCUT2D eigenvalue weighted by Gasteiger charge is -2.05. The maximum Gasteiger partial charge on any atom is 0.0596 e. The summed E-state index contributed by atoms with van der Waals surface area (Å²) in [4.78, 5) is 4.18. The maximum atomic E-state index is 4.18. The fraction of sp³-hybridized carbons (Fsp3) is 0.650. The summed E-state index contributed by atoms with van der Waals surface area (Å²) in [7, 11) is 1.82. The Morgan fingerprint density at radius 3 is 1.81 bits per heavy atom. The third-order valence-corrected chi connectivity index (χ3v) is 3.19. The molecule has 1 nitrogen and oxygen atoms in total. The predicted molar refractivity (Wildman–Crippen MR) is 100 cm³/mol. The molecule has 0 aliphatic heterocycles. The number of unbranched alkanes of at least 4 members (excludes halogenated alkanes) is 1. The molecule has 1 saturated carbocycles. The molecule has 0 amide bonds. The molecule has 0 unspecified atom stereocenters. The topological polar surface area (TPSA) is 12.4 Å². The quantitative estimate of drug-likeness (QED) is 0.385. The second kappa shape index (κ2) is 18.9. The van der Waals surface area contributed by atoms with Crippen LogP contribution in [0.25, 0.3) is 0 Å². The van der Waals surface area contributed by atoms with Crippen LogP contribution in [0.1, 0.15) is 79.6 Å². The fourth-order valence-electron chi connectivity index (χ4n) is 1.22. The van der Waals surface area contributed by atoms with Crippen LogP contribution in [0.4, 0.5) is 0 Å². The van der Waals surface area contributed by atoms with E-state index in [2.05, 4.69) is 50.9 Å². The molecule has 0 heterocycles. The van der Waals surface area contributed by atoms with Gasteiger partial charge in [0.05, 0.1) is 5.71 Å². The number of allylic oxidation sites excluding steroid dienone is 6. The Bertz CT molecular complexity index is 309. The second-order valence-corrected chi connectivity index (χ2v) is 5.21. The molecule has 1 heteroatoms. The molecule has 1 rings (SSSR count). The van der Waals surface area contributed by atoms with Crippen LogP contribution in [0.3, 0.4) is 0 Å². The first-order chi connectivity index (χ1) is 10.2. The smallest absolute Gasteiger partial charge is 0.0596 e. The van der Waals surface area contributed by atoms with Crippen molar-refractivity contribution in [3.63, 3.8) is 0 Å². The van der Waals surface area contributed by atoms with E-state index in [1.165, 1.54) is 44.1 Å². The molecule has 0 bridgehead atoms. The first kappa shape index (κ1) is 22.2. The van der Waals surface area contributed by atoms with Gasteiger partial charge in [-0.15, -0.1) is 0 Å². The van der Waals surface area contributed by atoms with Crippen LogP contribution in [-0.4, -0.2) is 12.8 Å². The van der Waals surface area contributed by atoms with Crippen LogP contribution in [0.5, 0.6) is 0 Å². The molecule has 0 aromatic carbocycles. The van der Waals surface area contributed by atoms with E-state index in [0.717, 1.165) is 12.1 Å². The minimum Gasteiger partial charge on any atom is -0.288 e. The van der Waals surface area contributed by atoms with Crippen molar-refractivity contribution < 1.29 is 0 Å². The summed E-state index contributed by atoms with van der Waals surface area (Å²) in [6, 6.07) is 0. The monoisotopic (exact) mass is 291 g/mol. The number of nitrogens with zero attached hydrogens (tertiary/aromatic N) is 1. The summed E-state index contributed by atoms with van der Waals surface area (Å²) in [6.45, 7) is 10.6. The molecule has 0 N–H and O–H groups in total. The van der Waals surface area contributed by atoms with Gasteiger partial charge in [0.15, 0.2) is 0 Å². The molecule has 1 aliphatic rings. The van der Waals surface area contributed by atoms with Crippen LogP contribution in [0.2, 0.25) is 0 Å². The number of aliphatic imine (C=N–C) groups is 1. The highest BCUT2D eigenvalue weighted by Crippen LogP contribution is 2.15. The number of hydrogen-bond donors (Lipinski definition) is 0. The molecule has 0 radical (unpaired) electrons. The van der Waals surface area contributed by atoms with Gasteiger partial charge in [0.25, 0.3) is 0 Å². The van der Waals surface area contributed by atoms with Crippen LogP contribution in [-0.2, 0) is 0 Å². The van der Waals surface area contributed by atoms with E-state index in [1.54, 1.807) is 0 Å². The molecule has 1 aliphatic carbocycles. The van der Waals surface area contributed by atoms with E-state index >= 15 is 0 Å². The zero-order chi connectivity index (χ0) is 16.3. The maximum absolute atomic E-state index is 4.18. The van der Waals surface area contributed by atoms with E-state index in [0.29, 0.717) is 0 Å². The van der Waals surface area contributed by atoms with Crippen molar-refractivity contribution in [1.29, 1.82) is 0 Å². The van der Waals surface area contributed by atoms with Crippen molar-refractivity contribution in [3.05, 3.63) is 36.0 Å². The van der Waals surface area contributed by atoms with Crippen molar-refractivity contribution in [2.75, 3.05) is 7.05 Å². The van der Waals surface area contributed by atoms with E-state index in [4.69, 9.17) is 0 Å². The SMILES string of the molecule is C/C=C\C(=NC)/C(C)=C\C=C/CC.C1CCC1.CCCC. The molecule has 0 atom stereocenters. The molecule has 0 saturated heterocycles. The Morgan fingerprint density at radius 2 is 1.52 bits per heavy atom. The van der Waals surface area contributed by atoms with Crippen LogP contribution in [0.15, 0.2) is 40.9 Å². The Balaban J connectivity index is 0. The van der Waals surface area contributed by atoms with Gasteiger partial charge in [-0.05, 0) is 31.9 Å². The van der Waals surface area contributed by atoms with Gasteiger partial charge in [-0.2, -0.15) is 0 Å². The summed E-state index contributed by atoms with van der Waals surface area (Å²) in [5, 5.41) is 0. The molecule has 0 aromatic rings. The molecule has 0 aromatic heterocycles. The van der Waals surface area contributed by atoms with Crippen LogP contribution < -0.4 is 0 Å². The van der Waals surface area contributed by atoms with Crippen molar-refractivity contribution in [3.8, 4) is 0 Å². The minimum absolute atomic E-state index is 1.04. The van der Waals surface area contributed by atoms with E-state index < -0.39 is 0 Å². The lowest BCUT2D eigenvalue weighted by atomic mass is 10.0. The van der Waals surface area contributed by atoms with Gasteiger partial charge in [-0.25, -0.2) is 0 Å². The zero-order valence-corrected chi connectivity index (χ0v) is 15.3. The fourth-order valence-corrected chi connectivity index (χ4v) is 1.22. The summed E-state index contributed by atoms with van der Waals surface area (Å²) < 4.78 is 0. The lowest BCUT2D eigenvalue weighted by molar-refractivity contribution is 0.504. The van der Waals surface area contributed by atoms with Gasteiger partial charge in [-0.1, -0.05) is 83.6 Å². The Hall–Kier alpha value is -1.11. The number of rotatable bonds is 5. The molecule has 1 fully saturated rings. The first-order valence-corrected chi connectivity index (χ1v) is 8.61. The minimum atomic E-state index is 1.04. The van der Waals surface area contributed by atoms with Crippen molar-refractivity contribution in [2.45, 2.75) is 79.6 Å². The van der Waals surface area contributed by atoms with Gasteiger partial charge >= 0.3 is 0 Å². The van der Waals surface area contributed by atoms with Gasteiger partial charge in [0.2, 0.25) is 0 Å². The van der Waals surface area contributed by atoms with Crippen molar-refractivity contribution >= 4 is 5.71 Å². The van der Waals surface area contributed by atoms with Gasteiger partial charge < -0.3 is 0 Å². The third-order valence-electron chi connectivity index (χ3n) is 3.19. The number of hydrogen-bond acceptors (Lipinski definition) is 1. The highest BCUT2D eigenvalue weighted by atomic mass is 14.7. The first-order valence-electron chi connectivity index (χ1n) is 8.61. The third kappa shape index (κ3) is 16.8. The molecule has 122 valence electrons. The summed E-state index contributed by atoms with van der Waals surface area (Å²) in [6.07, 6.45) is 20.0. The molecular weight excluding hydrogens is 254 g/mol. The summed E-state index contributed by atoms with van der Waals surface area (Å²) >= 11 is 0. The Kier molecular flexibility index (Phi) is 19.9. The van der Waals surface area contributed by atoms with Gasteiger partial charge in [-0.3, -0.25) is 4.99 Å². The van der Waals surface area contributed by atoms with Gasteiger partial charge in [0, 0.05) is 7.05 Å². The Morgan fingerprint density at radius 1 is 1.00 bits per heavy atom. The molecular formula is C20H37N. The van der Waals surface area contributed by atoms with E-state index in [1.807, 2.05) is 26.1 Å². The second-order valence-electron chi connectivity index (χ2n) is 5.21. The largest absolute Gasteiger partial charge is 0.288 e. The molecule has 21 heavy (non-hydrogen) atoms. The lowest BCUT2D eigenvalue weighted by Crippen LogP contribution is -1.94. The average molecular weight is 292 g/mol. The van der Waals surface area contributed by atoms with Gasteiger partial charge in [0.1, 0.15) is 0 Å². The van der Waals surface area contributed by atoms with E-state index in [-0.39, 0.29) is 0 Å². The summed E-state index contributed by atoms with van der Waals surface area (Å²) in [5.41, 5.74) is 2.24. The van der Waals surface area contributed by atoms with Crippen molar-refractivity contribution in [1.82, 2.24) is 0 Å². The highest BCUT2D eigenvalue weighted by Gasteiger charge is 1.95. The van der Waals surface area contributed by atoms with Crippen LogP contribution >= 0.6 is 0 Å². The van der Waals surface area contributed by atoms with E-state index in [9.17, 15) is 0 Å². The van der Waals surface area contributed by atoms with Crippen molar-refractivity contribution in [2.24, 2.45) is 4.99 Å². The summed E-state index contributed by atoms with van der Waals surface area (Å²) in [5.74, 6) is 0. The zero-order valence-electron chi connectivity index (χ0n) is 15.3. The predicted octanol–water partition coefficient (Wildman–Crippen LogP) is 6.91. The normalized spacial score (nSPS) is 15.1. The Labute approximate surface area is 134 Å². The molecule has 0 spiro atoms.